The molecule has 0 fully saturated rings. The van der Waals surface area contributed by atoms with Crippen LogP contribution in [0.25, 0.3) is 0 Å². The molecule has 2 rings (SSSR count). The lowest BCUT2D eigenvalue weighted by atomic mass is 9.99. The molecule has 1 heterocycles. The van der Waals surface area contributed by atoms with E-state index >= 15 is 0 Å². The van der Waals surface area contributed by atoms with Crippen molar-refractivity contribution in [1.29, 1.82) is 0 Å². The first-order valence-electron chi connectivity index (χ1n) is 7.63. The van der Waals surface area contributed by atoms with E-state index in [4.69, 9.17) is 10.5 Å². The molecule has 0 saturated carbocycles. The van der Waals surface area contributed by atoms with E-state index in [1.165, 1.54) is 0 Å². The lowest BCUT2D eigenvalue weighted by molar-refractivity contribution is 0.340. The second kappa shape index (κ2) is 6.79. The van der Waals surface area contributed by atoms with Gasteiger partial charge in [0.05, 0.1) is 12.6 Å². The molecule has 4 heteroatoms. The first kappa shape index (κ1) is 16.3. The molecule has 0 radical (unpaired) electrons. The number of nitrogens with zero attached hydrogens (tertiary/aromatic N) is 1. The van der Waals surface area contributed by atoms with Gasteiger partial charge in [0.2, 0.25) is 0 Å². The fourth-order valence-electron chi connectivity index (χ4n) is 2.60. The van der Waals surface area contributed by atoms with Crippen molar-refractivity contribution < 1.29 is 4.74 Å². The third-order valence-corrected chi connectivity index (χ3v) is 3.85. The fourth-order valence-corrected chi connectivity index (χ4v) is 2.60. The average molecular weight is 300 g/mol. The molecular weight excluding hydrogens is 276 g/mol. The van der Waals surface area contributed by atoms with E-state index < -0.39 is 6.04 Å². The van der Waals surface area contributed by atoms with E-state index in [9.17, 15) is 4.79 Å². The third kappa shape index (κ3) is 3.22. The first-order chi connectivity index (χ1) is 10.5. The summed E-state index contributed by atoms with van der Waals surface area (Å²) in [6, 6.07) is 11.0. The van der Waals surface area contributed by atoms with Gasteiger partial charge in [0.15, 0.2) is 0 Å². The summed E-state index contributed by atoms with van der Waals surface area (Å²) in [5.74, 6) is 1.11. The highest BCUT2D eigenvalue weighted by Gasteiger charge is 2.16. The maximum Gasteiger partial charge on any atom is 0.255 e. The van der Waals surface area contributed by atoms with E-state index in [0.717, 1.165) is 17.0 Å². The van der Waals surface area contributed by atoms with Gasteiger partial charge in [0.25, 0.3) is 5.56 Å². The zero-order valence-electron chi connectivity index (χ0n) is 13.7. The Balaban J connectivity index is 2.35. The van der Waals surface area contributed by atoms with Gasteiger partial charge in [-0.1, -0.05) is 26.0 Å². The van der Waals surface area contributed by atoms with Crippen LogP contribution in [-0.4, -0.2) is 11.2 Å². The van der Waals surface area contributed by atoms with Crippen LogP contribution < -0.4 is 16.0 Å². The van der Waals surface area contributed by atoms with Crippen molar-refractivity contribution >= 4 is 0 Å². The van der Waals surface area contributed by atoms with Gasteiger partial charge in [-0.15, -0.1) is 0 Å². The zero-order valence-corrected chi connectivity index (χ0v) is 13.7. The minimum absolute atomic E-state index is 0.0346. The number of ether oxygens (including phenoxy) is 1. The fraction of sp³-hybridized carbons (Fsp3) is 0.389. The number of pyridine rings is 1. The van der Waals surface area contributed by atoms with Gasteiger partial charge >= 0.3 is 0 Å². The minimum atomic E-state index is -0.435. The Morgan fingerprint density at radius 1 is 1.14 bits per heavy atom. The van der Waals surface area contributed by atoms with Crippen molar-refractivity contribution in [3.63, 3.8) is 0 Å². The van der Waals surface area contributed by atoms with E-state index in [2.05, 4.69) is 13.8 Å². The van der Waals surface area contributed by atoms with Crippen LogP contribution in [0.5, 0.6) is 5.75 Å². The summed E-state index contributed by atoms with van der Waals surface area (Å²) in [4.78, 5) is 12.5. The number of hydrogen-bond donors (Lipinski definition) is 1. The molecule has 0 saturated heterocycles. The molecule has 1 aromatic heterocycles. The summed E-state index contributed by atoms with van der Waals surface area (Å²) in [7, 11) is 1.80. The number of aromatic nitrogens is 1. The van der Waals surface area contributed by atoms with E-state index in [1.54, 1.807) is 11.6 Å². The van der Waals surface area contributed by atoms with E-state index in [1.807, 2.05) is 43.3 Å². The number of rotatable bonds is 5. The topological polar surface area (TPSA) is 57.2 Å². The summed E-state index contributed by atoms with van der Waals surface area (Å²) in [5, 5.41) is 0. The van der Waals surface area contributed by atoms with Crippen molar-refractivity contribution in [3.05, 3.63) is 63.6 Å². The van der Waals surface area contributed by atoms with E-state index in [0.29, 0.717) is 18.1 Å². The standard InChI is InChI=1S/C18H24N2O2/c1-5-22-14-8-6-13(7-9-14)17(19)15-10-11-16(12(2)3)20(4)18(15)21/h6-12,17H,5,19H2,1-4H3. The largest absolute Gasteiger partial charge is 0.494 e. The van der Waals surface area contributed by atoms with Crippen molar-refractivity contribution in [2.24, 2.45) is 12.8 Å². The first-order valence-corrected chi connectivity index (χ1v) is 7.63. The van der Waals surface area contributed by atoms with Crippen LogP contribution >= 0.6 is 0 Å². The Bertz CT molecular complexity index is 687. The smallest absolute Gasteiger partial charge is 0.255 e. The van der Waals surface area contributed by atoms with Gasteiger partial charge in [-0.05, 0) is 42.7 Å². The molecule has 2 aromatic rings. The zero-order chi connectivity index (χ0) is 16.3. The average Bonchev–Trinajstić information content (AvgIpc) is 2.50. The van der Waals surface area contributed by atoms with Crippen LogP contribution in [0, 0.1) is 0 Å². The molecule has 0 spiro atoms. The summed E-state index contributed by atoms with van der Waals surface area (Å²) < 4.78 is 7.11. The molecule has 0 aliphatic heterocycles. The van der Waals surface area contributed by atoms with Crippen LogP contribution in [0.15, 0.2) is 41.2 Å². The number of nitrogens with two attached hydrogens (primary N) is 1. The minimum Gasteiger partial charge on any atom is -0.494 e. The van der Waals surface area contributed by atoms with Crippen LogP contribution in [0.1, 0.15) is 49.6 Å². The lowest BCUT2D eigenvalue weighted by Crippen LogP contribution is -2.29. The third-order valence-electron chi connectivity index (χ3n) is 3.85. The summed E-state index contributed by atoms with van der Waals surface area (Å²) >= 11 is 0. The maximum absolute atomic E-state index is 12.5. The van der Waals surface area contributed by atoms with Gasteiger partial charge < -0.3 is 15.0 Å². The highest BCUT2D eigenvalue weighted by Crippen LogP contribution is 2.21. The Labute approximate surface area is 131 Å². The SMILES string of the molecule is CCOc1ccc(C(N)c2ccc(C(C)C)n(C)c2=O)cc1. The predicted octanol–water partition coefficient (Wildman–Crippen LogP) is 2.96. The van der Waals surface area contributed by atoms with E-state index in [-0.39, 0.29) is 5.56 Å². The maximum atomic E-state index is 12.5. The van der Waals surface area contributed by atoms with Crippen LogP contribution in [0.3, 0.4) is 0 Å². The summed E-state index contributed by atoms with van der Waals surface area (Å²) in [5.41, 5.74) is 8.76. The van der Waals surface area contributed by atoms with Gasteiger partial charge in [-0.2, -0.15) is 0 Å². The van der Waals surface area contributed by atoms with Gasteiger partial charge in [-0.25, -0.2) is 0 Å². The molecule has 1 aromatic carbocycles. The van der Waals surface area contributed by atoms with Crippen molar-refractivity contribution in [1.82, 2.24) is 4.57 Å². The van der Waals surface area contributed by atoms with Gasteiger partial charge in [0, 0.05) is 18.3 Å². The molecule has 0 aliphatic rings. The molecule has 1 unspecified atom stereocenters. The summed E-state index contributed by atoms with van der Waals surface area (Å²) in [6.45, 7) is 6.71. The number of benzene rings is 1. The second-order valence-corrected chi connectivity index (χ2v) is 5.71. The second-order valence-electron chi connectivity index (χ2n) is 5.71. The Hall–Kier alpha value is -2.07. The quantitative estimate of drug-likeness (QED) is 0.923. The molecule has 0 bridgehead atoms. The Morgan fingerprint density at radius 2 is 1.77 bits per heavy atom. The normalized spacial score (nSPS) is 12.5. The summed E-state index contributed by atoms with van der Waals surface area (Å²) in [6.07, 6.45) is 0. The number of hydrogen-bond acceptors (Lipinski definition) is 3. The molecule has 118 valence electrons. The van der Waals surface area contributed by atoms with Crippen molar-refractivity contribution in [2.75, 3.05) is 6.61 Å². The highest BCUT2D eigenvalue weighted by molar-refractivity contribution is 5.35. The van der Waals surface area contributed by atoms with Crippen LogP contribution in [0.4, 0.5) is 0 Å². The Morgan fingerprint density at radius 3 is 2.32 bits per heavy atom. The van der Waals surface area contributed by atoms with Crippen LogP contribution in [-0.2, 0) is 7.05 Å². The molecule has 1 atom stereocenters. The molecule has 0 amide bonds. The lowest BCUT2D eigenvalue weighted by Gasteiger charge is -2.17. The highest BCUT2D eigenvalue weighted by atomic mass is 16.5. The van der Waals surface area contributed by atoms with Gasteiger partial charge in [-0.3, -0.25) is 4.79 Å². The Kier molecular flexibility index (Phi) is 5.03. The van der Waals surface area contributed by atoms with Gasteiger partial charge in [0.1, 0.15) is 5.75 Å². The van der Waals surface area contributed by atoms with Crippen molar-refractivity contribution in [2.45, 2.75) is 32.7 Å². The molecule has 4 nitrogen and oxygen atoms in total. The molecule has 2 N–H and O–H groups in total. The predicted molar refractivity (Wildman–Crippen MR) is 89.4 cm³/mol. The van der Waals surface area contributed by atoms with Crippen LogP contribution in [0.2, 0.25) is 0 Å². The van der Waals surface area contributed by atoms with Crippen molar-refractivity contribution in [3.8, 4) is 5.75 Å². The molecule has 0 aliphatic carbocycles. The molecular formula is C18H24N2O2. The monoisotopic (exact) mass is 300 g/mol. The molecule has 22 heavy (non-hydrogen) atoms.